The number of aromatic hydroxyl groups is 2. The quantitative estimate of drug-likeness (QED) is 0.103. The number of aliphatic hydroxyl groups is 8. The summed E-state index contributed by atoms with van der Waals surface area (Å²) in [5, 5.41) is 111. The molecule has 5 saturated heterocycles. The Morgan fingerprint density at radius 3 is 1.76 bits per heavy atom. The smallest absolute Gasteiger partial charge is 0.352 e. The van der Waals surface area contributed by atoms with Gasteiger partial charge in [0.25, 0.3) is 0 Å². The van der Waals surface area contributed by atoms with Crippen molar-refractivity contribution < 1.29 is 122 Å². The van der Waals surface area contributed by atoms with E-state index in [1.165, 1.54) is 32.9 Å². The minimum Gasteiger partial charge on any atom is -0.507 e. The Labute approximate surface area is 448 Å². The second kappa shape index (κ2) is 22.3. The molecule has 0 aromatic heterocycles. The molecule has 78 heavy (non-hydrogen) atoms. The first-order valence-electron chi connectivity index (χ1n) is 26.3. The summed E-state index contributed by atoms with van der Waals surface area (Å²) in [6.45, 7) is 11.7. The molecule has 9 rings (SSSR count). The predicted molar refractivity (Wildman–Crippen MR) is 261 cm³/mol. The lowest BCUT2D eigenvalue weighted by atomic mass is 9.68. The highest BCUT2D eigenvalue weighted by molar-refractivity contribution is 6.21. The number of Topliss-reactive ketones (excluding diaryl/α,β-unsaturated/α-hetero) is 2. The van der Waals surface area contributed by atoms with Gasteiger partial charge in [-0.25, -0.2) is 4.79 Å². The van der Waals surface area contributed by atoms with E-state index >= 15 is 4.79 Å². The monoisotopic (exact) mass is 1110 g/mol. The van der Waals surface area contributed by atoms with Crippen LogP contribution >= 0.6 is 0 Å². The summed E-state index contributed by atoms with van der Waals surface area (Å²) in [6.07, 6.45) is -23.5. The predicted octanol–water partition coefficient (Wildman–Crippen LogP) is 0.726. The molecule has 25 heteroatoms. The number of ether oxygens (including phenoxy) is 12. The molecular weight excluding hydrogens is 1040 g/mol. The van der Waals surface area contributed by atoms with E-state index in [0.29, 0.717) is 0 Å². The van der Waals surface area contributed by atoms with Gasteiger partial charge in [0, 0.05) is 57.6 Å². The molecule has 0 amide bonds. The average Bonchev–Trinajstić information content (AvgIpc) is 3.45. The standard InChI is InChI=1S/C53H72O25/c1-18-29(73-34-14-30(42(58)21(4)69-34)74-33-13-28(55)41(57)20(3)68-33)12-26-10-25-11-27-48(67-9)46(62)47(19(2)54)77-51(65)53(27,50(64)39(25)45(61)38(26)40(18)56)78-36-16-32(44(60)23(6)71-36)75-35-15-31(43(59)22(5)70-35)76-37-17-52(8,66)49(63)24(7)72-37/h10,12,20-24,27-28,30-37,41-44,48-49,55-63,66H,11,13-17H2,1-9H3/t20-,21-,22-,23-,24-,27+,28-,30-,31-,32-,33+,34+,35+,36+,37+,41-,42-,43+,44-,48+,49-,52+,53+/m1/s1. The molecule has 10 N–H and O–H groups in total. The second-order valence-corrected chi connectivity index (χ2v) is 22.0. The minimum absolute atomic E-state index is 0.0600. The Hall–Kier alpha value is -4.23. The van der Waals surface area contributed by atoms with Crippen molar-refractivity contribution in [3.63, 3.8) is 0 Å². The fraction of sp³-hybridized carbons (Fsp3) is 0.717. The number of hydrogen-bond acceptors (Lipinski definition) is 25. The fourth-order valence-electron chi connectivity index (χ4n) is 11.9. The lowest BCUT2D eigenvalue weighted by Crippen LogP contribution is -2.64. The highest BCUT2D eigenvalue weighted by Gasteiger charge is 2.66. The largest absolute Gasteiger partial charge is 0.507 e. The molecule has 434 valence electrons. The number of methoxy groups -OCH3 is 1. The third-order valence-corrected chi connectivity index (χ3v) is 16.3. The summed E-state index contributed by atoms with van der Waals surface area (Å²) >= 11 is 0. The van der Waals surface area contributed by atoms with Crippen molar-refractivity contribution in [3.05, 3.63) is 40.3 Å². The number of phenols is 2. The van der Waals surface area contributed by atoms with Crippen molar-refractivity contribution in [2.75, 3.05) is 7.11 Å². The van der Waals surface area contributed by atoms with Gasteiger partial charge >= 0.3 is 5.97 Å². The molecule has 0 radical (unpaired) electrons. The first-order valence-corrected chi connectivity index (χ1v) is 26.3. The molecule has 0 unspecified atom stereocenters. The van der Waals surface area contributed by atoms with Gasteiger partial charge in [0.05, 0.1) is 71.5 Å². The van der Waals surface area contributed by atoms with Crippen molar-refractivity contribution >= 4 is 28.3 Å². The molecule has 6 aliphatic heterocycles. The van der Waals surface area contributed by atoms with Crippen LogP contribution in [0.4, 0.5) is 0 Å². The number of esters is 1. The van der Waals surface area contributed by atoms with Crippen LogP contribution in [-0.2, 0) is 68.1 Å². The van der Waals surface area contributed by atoms with E-state index in [4.69, 9.17) is 56.8 Å². The number of rotatable bonds is 12. The first kappa shape index (κ1) is 58.4. The molecule has 6 heterocycles. The van der Waals surface area contributed by atoms with Gasteiger partial charge in [-0.2, -0.15) is 0 Å². The third-order valence-electron chi connectivity index (χ3n) is 16.3. The summed E-state index contributed by atoms with van der Waals surface area (Å²) in [6, 6.07) is 2.93. The number of hydrogen-bond donors (Lipinski definition) is 10. The van der Waals surface area contributed by atoms with E-state index in [1.807, 2.05) is 0 Å². The van der Waals surface area contributed by atoms with E-state index < -0.39 is 199 Å². The summed E-state index contributed by atoms with van der Waals surface area (Å²) in [7, 11) is 1.16. The van der Waals surface area contributed by atoms with Crippen LogP contribution in [0.15, 0.2) is 23.7 Å². The highest BCUT2D eigenvalue weighted by atomic mass is 16.7. The zero-order valence-electron chi connectivity index (χ0n) is 44.6. The average molecular weight is 1110 g/mol. The number of aliphatic hydroxyl groups excluding tert-OH is 7. The SMILES string of the molecule is CO[C@@H]1C(O)=C(C(C)=O)OC(=O)[C@@]2(O[C@H]3C[C@@H](O[C@H]4C[C@@H](O[C@H]5C[C@](C)(O)[C@H](O)[C@@H](C)O5)[C@@H](O)[C@@H](C)O4)[C@H](O)[C@@H](C)O3)C(=O)c3c(cc4cc(O[C@H]5C[C@@H](O[C@H]6C[C@@H](O)[C@H](O)[C@@H](C)O6)[C@H](O)[C@@H](C)O5)c(C)c(O)c4c3O)C[C@@H]12. The number of carbonyl (C=O) groups excluding carboxylic acids is 3. The van der Waals surface area contributed by atoms with Crippen LogP contribution < -0.4 is 4.74 Å². The van der Waals surface area contributed by atoms with Gasteiger partial charge < -0.3 is 108 Å². The van der Waals surface area contributed by atoms with Crippen LogP contribution in [0.1, 0.15) is 102 Å². The Bertz CT molecular complexity index is 2610. The molecular formula is C53H72O25. The normalized spacial score (nSPS) is 43.4. The van der Waals surface area contributed by atoms with Crippen LogP contribution in [0.25, 0.3) is 10.8 Å². The van der Waals surface area contributed by atoms with Crippen LogP contribution in [0.3, 0.4) is 0 Å². The molecule has 0 bridgehead atoms. The Balaban J connectivity index is 1.01. The molecule has 7 aliphatic rings. The van der Waals surface area contributed by atoms with E-state index in [2.05, 4.69) is 0 Å². The minimum atomic E-state index is -2.89. The summed E-state index contributed by atoms with van der Waals surface area (Å²) in [4.78, 5) is 43.4. The van der Waals surface area contributed by atoms with Crippen LogP contribution in [0, 0.1) is 12.8 Å². The van der Waals surface area contributed by atoms with Crippen LogP contribution in [0.2, 0.25) is 0 Å². The lowest BCUT2D eigenvalue weighted by Gasteiger charge is -2.47. The number of fused-ring (bicyclic) bond motifs is 3. The highest BCUT2D eigenvalue weighted by Crippen LogP contribution is 2.52. The number of allylic oxidation sites excluding steroid dienone is 1. The summed E-state index contributed by atoms with van der Waals surface area (Å²) in [5.74, 6) is -8.14. The number of carbonyl (C=O) groups is 3. The van der Waals surface area contributed by atoms with E-state index in [9.17, 15) is 60.7 Å². The molecule has 1 aliphatic carbocycles. The number of ketones is 2. The van der Waals surface area contributed by atoms with Crippen LogP contribution in [0.5, 0.6) is 17.2 Å². The van der Waals surface area contributed by atoms with Gasteiger partial charge in [-0.1, -0.05) is 0 Å². The zero-order valence-corrected chi connectivity index (χ0v) is 44.6. The van der Waals surface area contributed by atoms with Crippen molar-refractivity contribution in [1.82, 2.24) is 0 Å². The topological polar surface area (TPSA) is 364 Å². The molecule has 23 atom stereocenters. The van der Waals surface area contributed by atoms with Gasteiger partial charge in [-0.3, -0.25) is 9.59 Å². The summed E-state index contributed by atoms with van der Waals surface area (Å²) in [5.41, 5.74) is -4.80. The molecule has 2 aromatic carbocycles. The second-order valence-electron chi connectivity index (χ2n) is 22.0. The van der Waals surface area contributed by atoms with Gasteiger partial charge in [-0.05, 0) is 78.0 Å². The Kier molecular flexibility index (Phi) is 16.7. The van der Waals surface area contributed by atoms with E-state index in [1.54, 1.807) is 27.7 Å². The van der Waals surface area contributed by atoms with Crippen LogP contribution in [-0.4, -0.2) is 210 Å². The molecule has 0 saturated carbocycles. The molecule has 5 fully saturated rings. The van der Waals surface area contributed by atoms with Gasteiger partial charge in [0.15, 0.2) is 36.7 Å². The Morgan fingerprint density at radius 1 is 0.679 bits per heavy atom. The maximum absolute atomic E-state index is 15.6. The van der Waals surface area contributed by atoms with Crippen molar-refractivity contribution in [2.45, 2.75) is 228 Å². The van der Waals surface area contributed by atoms with E-state index in [0.717, 1.165) is 14.0 Å². The van der Waals surface area contributed by atoms with Crippen molar-refractivity contribution in [1.29, 1.82) is 0 Å². The van der Waals surface area contributed by atoms with Crippen molar-refractivity contribution in [2.24, 2.45) is 5.92 Å². The van der Waals surface area contributed by atoms with Crippen molar-refractivity contribution in [3.8, 4) is 17.2 Å². The lowest BCUT2D eigenvalue weighted by molar-refractivity contribution is -0.336. The third kappa shape index (κ3) is 10.6. The first-order chi connectivity index (χ1) is 36.6. The zero-order chi connectivity index (χ0) is 56.8. The maximum Gasteiger partial charge on any atom is 0.352 e. The van der Waals surface area contributed by atoms with Gasteiger partial charge in [0.1, 0.15) is 53.9 Å². The molecule has 25 nitrogen and oxygen atoms in total. The van der Waals surface area contributed by atoms with Gasteiger partial charge in [0.2, 0.25) is 23.4 Å². The number of cyclic esters (lactones) is 1. The van der Waals surface area contributed by atoms with Gasteiger partial charge in [-0.15, -0.1) is 0 Å². The maximum atomic E-state index is 15.6. The Morgan fingerprint density at radius 2 is 1.19 bits per heavy atom. The molecule has 2 aromatic rings. The number of phenolic OH excluding ortho intramolecular Hbond substituents is 2. The fourth-order valence-corrected chi connectivity index (χ4v) is 11.9. The molecule has 0 spiro atoms. The number of benzene rings is 2. The summed E-state index contributed by atoms with van der Waals surface area (Å²) < 4.78 is 72.3. The van der Waals surface area contributed by atoms with E-state index in [-0.39, 0.29) is 53.3 Å².